The highest BCUT2D eigenvalue weighted by atomic mass is 32.2. The molecule has 0 bridgehead atoms. The molecule has 3 heteroatoms. The molecule has 0 aromatic heterocycles. The van der Waals surface area contributed by atoms with Crippen LogP contribution in [0.2, 0.25) is 0 Å². The lowest BCUT2D eigenvalue weighted by Gasteiger charge is -2.07. The molecule has 0 heterocycles. The van der Waals surface area contributed by atoms with Crippen molar-refractivity contribution in [2.75, 3.05) is 19.0 Å². The molecule has 0 spiro atoms. The van der Waals surface area contributed by atoms with E-state index in [-0.39, 0.29) is 6.04 Å². The van der Waals surface area contributed by atoms with Gasteiger partial charge in [0.1, 0.15) is 0 Å². The van der Waals surface area contributed by atoms with E-state index in [9.17, 15) is 0 Å². The largest absolute Gasteiger partial charge is 0.381 e. The third-order valence-electron chi connectivity index (χ3n) is 2.25. The van der Waals surface area contributed by atoms with Gasteiger partial charge >= 0.3 is 0 Å². The fraction of sp³-hybridized carbons (Fsp3) is 0.538. The molecule has 1 atom stereocenters. The second kappa shape index (κ2) is 7.71. The van der Waals surface area contributed by atoms with Crippen molar-refractivity contribution >= 4 is 11.8 Å². The first-order valence-electron chi connectivity index (χ1n) is 5.80. The van der Waals surface area contributed by atoms with Gasteiger partial charge in [0.25, 0.3) is 0 Å². The number of hydrogen-bond acceptors (Lipinski definition) is 3. The smallest absolute Gasteiger partial charge is 0.0560 e. The summed E-state index contributed by atoms with van der Waals surface area (Å²) >= 11 is 1.83. The number of nitrogens with two attached hydrogens (primary N) is 1. The molecule has 2 N–H and O–H groups in total. The monoisotopic (exact) mass is 239 g/mol. The highest BCUT2D eigenvalue weighted by molar-refractivity contribution is 7.99. The SMILES string of the molecule is CCCOCCSc1ccc(C(C)N)cc1. The Morgan fingerprint density at radius 3 is 2.50 bits per heavy atom. The Morgan fingerprint density at radius 1 is 1.25 bits per heavy atom. The van der Waals surface area contributed by atoms with Crippen molar-refractivity contribution in [2.24, 2.45) is 5.73 Å². The summed E-state index contributed by atoms with van der Waals surface area (Å²) in [7, 11) is 0. The molecule has 16 heavy (non-hydrogen) atoms. The first-order valence-corrected chi connectivity index (χ1v) is 6.78. The van der Waals surface area contributed by atoms with Crippen LogP contribution in [0, 0.1) is 0 Å². The maximum Gasteiger partial charge on any atom is 0.0560 e. The average Bonchev–Trinajstić information content (AvgIpc) is 2.29. The summed E-state index contributed by atoms with van der Waals surface area (Å²) in [5.41, 5.74) is 6.98. The van der Waals surface area contributed by atoms with Gasteiger partial charge in [-0.15, -0.1) is 11.8 Å². The Kier molecular flexibility index (Phi) is 6.53. The maximum atomic E-state index is 5.79. The van der Waals surface area contributed by atoms with Gasteiger partial charge < -0.3 is 10.5 Å². The van der Waals surface area contributed by atoms with E-state index in [1.165, 1.54) is 10.5 Å². The van der Waals surface area contributed by atoms with Gasteiger partial charge in [0, 0.05) is 23.3 Å². The number of rotatable bonds is 7. The van der Waals surface area contributed by atoms with Gasteiger partial charge in [-0.2, -0.15) is 0 Å². The van der Waals surface area contributed by atoms with Crippen molar-refractivity contribution in [3.8, 4) is 0 Å². The van der Waals surface area contributed by atoms with Crippen LogP contribution in [-0.4, -0.2) is 19.0 Å². The Hall–Kier alpha value is -0.510. The van der Waals surface area contributed by atoms with Crippen molar-refractivity contribution in [3.63, 3.8) is 0 Å². The van der Waals surface area contributed by atoms with Crippen molar-refractivity contribution < 1.29 is 4.74 Å². The highest BCUT2D eigenvalue weighted by Crippen LogP contribution is 2.20. The zero-order chi connectivity index (χ0) is 11.8. The number of benzene rings is 1. The summed E-state index contributed by atoms with van der Waals surface area (Å²) in [6, 6.07) is 8.57. The quantitative estimate of drug-likeness (QED) is 0.586. The molecular weight excluding hydrogens is 218 g/mol. The number of ether oxygens (including phenoxy) is 1. The molecular formula is C13H21NOS. The Labute approximate surface area is 103 Å². The summed E-state index contributed by atoms with van der Waals surface area (Å²) in [5.74, 6) is 1.01. The predicted molar refractivity (Wildman–Crippen MR) is 70.9 cm³/mol. The molecule has 1 unspecified atom stereocenters. The predicted octanol–water partition coefficient (Wildman–Crippen LogP) is 3.23. The fourth-order valence-electron chi connectivity index (χ4n) is 1.33. The first-order chi connectivity index (χ1) is 7.74. The van der Waals surface area contributed by atoms with E-state index in [0.717, 1.165) is 25.4 Å². The van der Waals surface area contributed by atoms with Crippen LogP contribution in [0.15, 0.2) is 29.2 Å². The van der Waals surface area contributed by atoms with Gasteiger partial charge in [-0.05, 0) is 31.0 Å². The van der Waals surface area contributed by atoms with Gasteiger partial charge in [-0.3, -0.25) is 0 Å². The minimum Gasteiger partial charge on any atom is -0.381 e. The normalized spacial score (nSPS) is 12.7. The zero-order valence-corrected chi connectivity index (χ0v) is 10.9. The summed E-state index contributed by atoms with van der Waals surface area (Å²) in [6.07, 6.45) is 1.09. The van der Waals surface area contributed by atoms with Crippen molar-refractivity contribution in [2.45, 2.75) is 31.2 Å². The summed E-state index contributed by atoms with van der Waals surface area (Å²) < 4.78 is 5.43. The molecule has 0 fully saturated rings. The van der Waals surface area contributed by atoms with Gasteiger partial charge in [0.2, 0.25) is 0 Å². The van der Waals surface area contributed by atoms with Crippen LogP contribution < -0.4 is 5.73 Å². The fourth-order valence-corrected chi connectivity index (χ4v) is 2.10. The summed E-state index contributed by atoms with van der Waals surface area (Å²) in [6.45, 7) is 5.82. The van der Waals surface area contributed by atoms with Crippen molar-refractivity contribution in [1.82, 2.24) is 0 Å². The summed E-state index contributed by atoms with van der Waals surface area (Å²) in [4.78, 5) is 1.28. The molecule has 0 radical (unpaired) electrons. The first kappa shape index (κ1) is 13.6. The lowest BCUT2D eigenvalue weighted by atomic mass is 10.1. The summed E-state index contributed by atoms with van der Waals surface area (Å²) in [5, 5.41) is 0. The van der Waals surface area contributed by atoms with E-state index in [4.69, 9.17) is 10.5 Å². The van der Waals surface area contributed by atoms with E-state index in [2.05, 4.69) is 31.2 Å². The second-order valence-electron chi connectivity index (χ2n) is 3.82. The van der Waals surface area contributed by atoms with Crippen LogP contribution in [0.5, 0.6) is 0 Å². The molecule has 0 aliphatic rings. The van der Waals surface area contributed by atoms with E-state index in [1.54, 1.807) is 0 Å². The zero-order valence-electron chi connectivity index (χ0n) is 10.1. The Balaban J connectivity index is 2.27. The Morgan fingerprint density at radius 2 is 1.94 bits per heavy atom. The lowest BCUT2D eigenvalue weighted by Crippen LogP contribution is -2.04. The van der Waals surface area contributed by atoms with E-state index < -0.39 is 0 Å². The molecule has 0 aliphatic carbocycles. The minimum absolute atomic E-state index is 0.118. The van der Waals surface area contributed by atoms with Crippen molar-refractivity contribution in [3.05, 3.63) is 29.8 Å². The van der Waals surface area contributed by atoms with Gasteiger partial charge in [0.05, 0.1) is 6.61 Å². The minimum atomic E-state index is 0.118. The standard InChI is InChI=1S/C13H21NOS/c1-3-8-15-9-10-16-13-6-4-12(5-7-13)11(2)14/h4-7,11H,3,8-10,14H2,1-2H3. The number of hydrogen-bond donors (Lipinski definition) is 1. The van der Waals surface area contributed by atoms with Crippen LogP contribution in [0.3, 0.4) is 0 Å². The second-order valence-corrected chi connectivity index (χ2v) is 4.99. The maximum absolute atomic E-state index is 5.79. The third-order valence-corrected chi connectivity index (χ3v) is 3.23. The molecule has 0 saturated carbocycles. The molecule has 1 aromatic carbocycles. The molecule has 1 rings (SSSR count). The number of thioether (sulfide) groups is 1. The molecule has 0 saturated heterocycles. The lowest BCUT2D eigenvalue weighted by molar-refractivity contribution is 0.151. The topological polar surface area (TPSA) is 35.2 Å². The molecule has 0 aliphatic heterocycles. The van der Waals surface area contributed by atoms with Crippen LogP contribution in [0.25, 0.3) is 0 Å². The van der Waals surface area contributed by atoms with Crippen LogP contribution in [-0.2, 0) is 4.74 Å². The van der Waals surface area contributed by atoms with Crippen LogP contribution in [0.4, 0.5) is 0 Å². The van der Waals surface area contributed by atoms with Crippen LogP contribution >= 0.6 is 11.8 Å². The van der Waals surface area contributed by atoms with E-state index in [0.29, 0.717) is 0 Å². The van der Waals surface area contributed by atoms with Gasteiger partial charge in [-0.1, -0.05) is 19.1 Å². The highest BCUT2D eigenvalue weighted by Gasteiger charge is 1.99. The average molecular weight is 239 g/mol. The van der Waals surface area contributed by atoms with E-state index >= 15 is 0 Å². The molecule has 2 nitrogen and oxygen atoms in total. The van der Waals surface area contributed by atoms with Crippen molar-refractivity contribution in [1.29, 1.82) is 0 Å². The Bertz CT molecular complexity index is 284. The van der Waals surface area contributed by atoms with Gasteiger partial charge in [0.15, 0.2) is 0 Å². The van der Waals surface area contributed by atoms with Crippen LogP contribution in [0.1, 0.15) is 31.9 Å². The van der Waals surface area contributed by atoms with E-state index in [1.807, 2.05) is 18.7 Å². The molecule has 90 valence electrons. The molecule has 0 amide bonds. The molecule has 1 aromatic rings. The third kappa shape index (κ3) is 5.01. The van der Waals surface area contributed by atoms with Gasteiger partial charge in [-0.25, -0.2) is 0 Å².